The number of nitrogens with one attached hydrogen (secondary N) is 3. The lowest BCUT2D eigenvalue weighted by Gasteiger charge is -2.13. The fourth-order valence-electron chi connectivity index (χ4n) is 2.37. The van der Waals surface area contributed by atoms with Crippen molar-refractivity contribution in [3.63, 3.8) is 0 Å². The largest absolute Gasteiger partial charge is 0.424 e. The minimum Gasteiger partial charge on any atom is -0.424 e. The number of hydrogen-bond acceptors (Lipinski definition) is 7. The predicted octanol–water partition coefficient (Wildman–Crippen LogP) is 3.74. The van der Waals surface area contributed by atoms with Gasteiger partial charge in [0.15, 0.2) is 11.6 Å². The molecule has 1 atom stereocenters. The van der Waals surface area contributed by atoms with Gasteiger partial charge in [0.1, 0.15) is 5.02 Å². The Labute approximate surface area is 172 Å². The molecule has 0 fully saturated rings. The van der Waals surface area contributed by atoms with E-state index < -0.39 is 8.25 Å². The summed E-state index contributed by atoms with van der Waals surface area (Å²) in [5.41, 5.74) is 1.62. The van der Waals surface area contributed by atoms with Crippen LogP contribution in [0.3, 0.4) is 0 Å². The van der Waals surface area contributed by atoms with Crippen LogP contribution < -0.4 is 20.5 Å². The first kappa shape index (κ1) is 20.6. The van der Waals surface area contributed by atoms with Gasteiger partial charge in [-0.15, -0.1) is 0 Å². The number of halogens is 1. The van der Waals surface area contributed by atoms with Crippen LogP contribution in [0.5, 0.6) is 5.75 Å². The summed E-state index contributed by atoms with van der Waals surface area (Å²) in [5, 5.41) is 8.79. The molecule has 2 aromatic carbocycles. The maximum absolute atomic E-state index is 11.6. The molecule has 11 heteroatoms. The van der Waals surface area contributed by atoms with Crippen molar-refractivity contribution in [2.45, 2.75) is 0 Å². The fourth-order valence-corrected chi connectivity index (χ4v) is 2.88. The molecule has 4 N–H and O–H groups in total. The Kier molecular flexibility index (Phi) is 6.66. The van der Waals surface area contributed by atoms with E-state index in [4.69, 9.17) is 21.0 Å². The highest BCUT2D eigenvalue weighted by Gasteiger charge is 2.11. The van der Waals surface area contributed by atoms with Gasteiger partial charge in [0.2, 0.25) is 5.95 Å². The number of carbonyl (C=O) groups excluding carboxylic acids is 1. The van der Waals surface area contributed by atoms with Crippen LogP contribution in [0.1, 0.15) is 10.4 Å². The van der Waals surface area contributed by atoms with Crippen molar-refractivity contribution >= 4 is 48.9 Å². The third-order valence-corrected chi connectivity index (χ3v) is 4.38. The monoisotopic (exact) mass is 433 g/mol. The van der Waals surface area contributed by atoms with E-state index in [-0.39, 0.29) is 28.4 Å². The predicted molar refractivity (Wildman–Crippen MR) is 112 cm³/mol. The van der Waals surface area contributed by atoms with E-state index in [0.717, 1.165) is 0 Å². The summed E-state index contributed by atoms with van der Waals surface area (Å²) >= 11 is 6.17. The SMILES string of the molecule is CNC(=O)c1ccc(Nc2ncc(Cl)c(Nc3ccccc3O[PH](=O)O)n2)cc1. The van der Waals surface area contributed by atoms with Crippen molar-refractivity contribution < 1.29 is 18.8 Å². The van der Waals surface area contributed by atoms with Gasteiger partial charge in [0.05, 0.1) is 11.9 Å². The average Bonchev–Trinajstić information content (AvgIpc) is 2.71. The molecule has 1 aromatic heterocycles. The van der Waals surface area contributed by atoms with Crippen molar-refractivity contribution in [1.29, 1.82) is 0 Å². The average molecular weight is 434 g/mol. The second kappa shape index (κ2) is 9.38. The van der Waals surface area contributed by atoms with E-state index >= 15 is 0 Å². The summed E-state index contributed by atoms with van der Waals surface area (Å²) in [4.78, 5) is 29.1. The molecule has 0 aliphatic rings. The number of amides is 1. The molecule has 0 bridgehead atoms. The van der Waals surface area contributed by atoms with Crippen molar-refractivity contribution in [1.82, 2.24) is 15.3 Å². The topological polar surface area (TPSA) is 125 Å². The van der Waals surface area contributed by atoms with E-state index in [9.17, 15) is 9.36 Å². The number of rotatable bonds is 7. The highest BCUT2D eigenvalue weighted by atomic mass is 35.5. The normalized spacial score (nSPS) is 11.4. The summed E-state index contributed by atoms with van der Waals surface area (Å²) in [6.45, 7) is 0. The molecular weight excluding hydrogens is 417 g/mol. The number of benzene rings is 2. The molecule has 29 heavy (non-hydrogen) atoms. The molecule has 150 valence electrons. The van der Waals surface area contributed by atoms with Crippen LogP contribution in [-0.4, -0.2) is 27.8 Å². The van der Waals surface area contributed by atoms with E-state index in [1.165, 1.54) is 6.20 Å². The lowest BCUT2D eigenvalue weighted by atomic mass is 10.2. The Morgan fingerprint density at radius 2 is 1.86 bits per heavy atom. The highest BCUT2D eigenvalue weighted by molar-refractivity contribution is 7.32. The number of hydrogen-bond donors (Lipinski definition) is 4. The quantitative estimate of drug-likeness (QED) is 0.415. The Bertz CT molecular complexity index is 1050. The molecule has 0 aliphatic carbocycles. The molecule has 0 saturated heterocycles. The van der Waals surface area contributed by atoms with E-state index in [2.05, 4.69) is 25.9 Å². The molecule has 9 nitrogen and oxygen atoms in total. The van der Waals surface area contributed by atoms with Gasteiger partial charge in [-0.2, -0.15) is 4.98 Å². The first-order valence-corrected chi connectivity index (χ1v) is 9.99. The molecule has 1 amide bonds. The first-order valence-electron chi connectivity index (χ1n) is 8.35. The van der Waals surface area contributed by atoms with Crippen LogP contribution in [0.25, 0.3) is 0 Å². The lowest BCUT2D eigenvalue weighted by molar-refractivity contribution is 0.0963. The minimum atomic E-state index is -3.17. The lowest BCUT2D eigenvalue weighted by Crippen LogP contribution is -2.17. The van der Waals surface area contributed by atoms with E-state index in [0.29, 0.717) is 16.9 Å². The van der Waals surface area contributed by atoms with Crippen LogP contribution in [-0.2, 0) is 4.57 Å². The standard InChI is InChI=1S/C18H17ClN5O4P/c1-20-17(25)11-6-8-12(9-7-11)22-18-21-10-13(19)16(24-18)23-14-4-2-3-5-15(14)28-29(26)27/h2-10,29H,1H3,(H,20,25)(H,26,27)(H2,21,22,23,24). The van der Waals surface area contributed by atoms with Crippen molar-refractivity contribution in [3.05, 3.63) is 65.3 Å². The zero-order valence-electron chi connectivity index (χ0n) is 15.1. The highest BCUT2D eigenvalue weighted by Crippen LogP contribution is 2.34. The van der Waals surface area contributed by atoms with E-state index in [1.54, 1.807) is 55.6 Å². The van der Waals surface area contributed by atoms with Crippen molar-refractivity contribution in [3.8, 4) is 5.75 Å². The zero-order valence-corrected chi connectivity index (χ0v) is 16.9. The molecule has 1 heterocycles. The van der Waals surface area contributed by atoms with Crippen LogP contribution in [0.2, 0.25) is 5.02 Å². The number of carbonyl (C=O) groups is 1. The molecule has 0 radical (unpaired) electrons. The summed E-state index contributed by atoms with van der Waals surface area (Å²) in [7, 11) is -1.60. The van der Waals surface area contributed by atoms with Gasteiger partial charge in [-0.1, -0.05) is 23.7 Å². The molecule has 0 spiro atoms. The van der Waals surface area contributed by atoms with Crippen molar-refractivity contribution in [2.24, 2.45) is 0 Å². The van der Waals surface area contributed by atoms with Gasteiger partial charge >= 0.3 is 8.25 Å². The van der Waals surface area contributed by atoms with Gasteiger partial charge < -0.3 is 25.4 Å². The summed E-state index contributed by atoms with van der Waals surface area (Å²) in [5.74, 6) is 0.545. The third-order valence-electron chi connectivity index (χ3n) is 3.71. The maximum atomic E-state index is 11.6. The van der Waals surface area contributed by atoms with Crippen LogP contribution in [0.4, 0.5) is 23.1 Å². The molecule has 0 aliphatic heterocycles. The van der Waals surface area contributed by atoms with Gasteiger partial charge in [-0.25, -0.2) is 9.55 Å². The number of aromatic nitrogens is 2. The Morgan fingerprint density at radius 3 is 2.55 bits per heavy atom. The Balaban J connectivity index is 1.80. The van der Waals surface area contributed by atoms with E-state index in [1.807, 2.05) is 0 Å². The van der Waals surface area contributed by atoms with Gasteiger partial charge in [0.25, 0.3) is 5.91 Å². The third kappa shape index (κ3) is 5.45. The Morgan fingerprint density at radius 1 is 1.14 bits per heavy atom. The molecule has 3 aromatic rings. The van der Waals surface area contributed by atoms with Gasteiger partial charge in [0, 0.05) is 18.3 Å². The van der Waals surface area contributed by atoms with Crippen LogP contribution in [0, 0.1) is 0 Å². The molecule has 3 rings (SSSR count). The Hall–Kier alpha value is -3.13. The second-order valence-electron chi connectivity index (χ2n) is 5.66. The van der Waals surface area contributed by atoms with Gasteiger partial charge in [-0.3, -0.25) is 4.79 Å². The minimum absolute atomic E-state index is 0.183. The molecular formula is C18H17ClN5O4P. The van der Waals surface area contributed by atoms with Crippen LogP contribution in [0.15, 0.2) is 54.7 Å². The maximum Gasteiger partial charge on any atom is 0.365 e. The van der Waals surface area contributed by atoms with Gasteiger partial charge in [-0.05, 0) is 36.4 Å². The molecule has 1 unspecified atom stereocenters. The zero-order chi connectivity index (χ0) is 20.8. The second-order valence-corrected chi connectivity index (χ2v) is 6.80. The van der Waals surface area contributed by atoms with Crippen LogP contribution >= 0.6 is 19.9 Å². The number of nitrogens with zero attached hydrogens (tertiary/aromatic N) is 2. The molecule has 0 saturated carbocycles. The fraction of sp³-hybridized carbons (Fsp3) is 0.0556. The number of para-hydroxylation sites is 2. The summed E-state index contributed by atoms with van der Waals surface area (Å²) < 4.78 is 16.0. The smallest absolute Gasteiger partial charge is 0.365 e. The summed E-state index contributed by atoms with van der Waals surface area (Å²) in [6, 6.07) is 13.4. The number of anilines is 4. The summed E-state index contributed by atoms with van der Waals surface area (Å²) in [6.07, 6.45) is 1.41. The van der Waals surface area contributed by atoms with Crippen molar-refractivity contribution in [2.75, 3.05) is 17.7 Å². The first-order chi connectivity index (χ1) is 14.0.